The van der Waals surface area contributed by atoms with E-state index in [-0.39, 0.29) is 5.91 Å². The number of aryl methyl sites for hydroxylation is 1. The SMILES string of the molecule is Cc1cc(C(=O)NCc2ccc(N3CCCCCC3)nc2)c2ccccc2n1. The normalized spacial score (nSPS) is 14.7. The van der Waals surface area contributed by atoms with Gasteiger partial charge in [-0.05, 0) is 43.5 Å². The molecule has 3 aromatic rings. The lowest BCUT2D eigenvalue weighted by molar-refractivity contribution is 0.0952. The number of para-hydroxylation sites is 1. The van der Waals surface area contributed by atoms with Gasteiger partial charge < -0.3 is 10.2 Å². The van der Waals surface area contributed by atoms with Crippen LogP contribution in [-0.4, -0.2) is 29.0 Å². The van der Waals surface area contributed by atoms with E-state index in [0.717, 1.165) is 41.1 Å². The molecule has 1 amide bonds. The molecule has 2 aromatic heterocycles. The first-order chi connectivity index (χ1) is 13.7. The molecule has 0 bridgehead atoms. The number of aromatic nitrogens is 2. The van der Waals surface area contributed by atoms with Crippen LogP contribution in [0, 0.1) is 6.92 Å². The Labute approximate surface area is 165 Å². The summed E-state index contributed by atoms with van der Waals surface area (Å²) in [7, 11) is 0. The minimum absolute atomic E-state index is 0.0849. The van der Waals surface area contributed by atoms with Gasteiger partial charge in [-0.2, -0.15) is 0 Å². The lowest BCUT2D eigenvalue weighted by atomic mass is 10.1. The van der Waals surface area contributed by atoms with Gasteiger partial charge in [0.15, 0.2) is 0 Å². The fraction of sp³-hybridized carbons (Fsp3) is 0.348. The van der Waals surface area contributed by atoms with Gasteiger partial charge in [0.25, 0.3) is 5.91 Å². The summed E-state index contributed by atoms with van der Waals surface area (Å²) >= 11 is 0. The first-order valence-electron chi connectivity index (χ1n) is 10.1. The van der Waals surface area contributed by atoms with Crippen LogP contribution in [0.15, 0.2) is 48.7 Å². The molecule has 0 unspecified atom stereocenters. The molecular formula is C23H26N4O. The Balaban J connectivity index is 1.44. The van der Waals surface area contributed by atoms with Crippen molar-refractivity contribution in [2.75, 3.05) is 18.0 Å². The number of carbonyl (C=O) groups is 1. The van der Waals surface area contributed by atoms with Gasteiger partial charge in [-0.15, -0.1) is 0 Å². The van der Waals surface area contributed by atoms with Crippen LogP contribution in [0.2, 0.25) is 0 Å². The highest BCUT2D eigenvalue weighted by Crippen LogP contribution is 2.19. The fourth-order valence-corrected chi connectivity index (χ4v) is 3.78. The lowest BCUT2D eigenvalue weighted by Gasteiger charge is -2.21. The van der Waals surface area contributed by atoms with Crippen molar-refractivity contribution in [1.29, 1.82) is 0 Å². The van der Waals surface area contributed by atoms with Crippen LogP contribution in [0.4, 0.5) is 5.82 Å². The standard InChI is InChI=1S/C23H26N4O/c1-17-14-20(19-8-4-5-9-21(19)26-17)23(28)25-16-18-10-11-22(24-15-18)27-12-6-2-3-7-13-27/h4-5,8-11,14-15H,2-3,6-7,12-13,16H2,1H3,(H,25,28). The Morgan fingerprint density at radius 3 is 2.61 bits per heavy atom. The quantitative estimate of drug-likeness (QED) is 0.742. The van der Waals surface area contributed by atoms with Gasteiger partial charge in [-0.3, -0.25) is 9.78 Å². The third-order valence-corrected chi connectivity index (χ3v) is 5.28. The van der Waals surface area contributed by atoms with Crippen molar-refractivity contribution in [3.05, 3.63) is 65.5 Å². The molecule has 0 radical (unpaired) electrons. The second-order valence-electron chi connectivity index (χ2n) is 7.44. The zero-order valence-corrected chi connectivity index (χ0v) is 16.3. The summed E-state index contributed by atoms with van der Waals surface area (Å²) in [5.74, 6) is 0.950. The van der Waals surface area contributed by atoms with Gasteiger partial charge in [0, 0.05) is 36.9 Å². The van der Waals surface area contributed by atoms with E-state index in [9.17, 15) is 4.79 Å². The first-order valence-corrected chi connectivity index (χ1v) is 10.1. The number of rotatable bonds is 4. The number of pyridine rings is 2. The summed E-state index contributed by atoms with van der Waals surface area (Å²) in [5, 5.41) is 3.90. The topological polar surface area (TPSA) is 58.1 Å². The number of benzene rings is 1. The zero-order valence-electron chi connectivity index (χ0n) is 16.3. The van der Waals surface area contributed by atoms with Crippen molar-refractivity contribution in [2.45, 2.75) is 39.2 Å². The zero-order chi connectivity index (χ0) is 19.3. The maximum absolute atomic E-state index is 12.8. The maximum atomic E-state index is 12.8. The number of nitrogens with zero attached hydrogens (tertiary/aromatic N) is 3. The lowest BCUT2D eigenvalue weighted by Crippen LogP contribution is -2.25. The predicted octanol–water partition coefficient (Wildman–Crippen LogP) is 4.25. The van der Waals surface area contributed by atoms with Crippen molar-refractivity contribution >= 4 is 22.6 Å². The third kappa shape index (κ3) is 4.14. The van der Waals surface area contributed by atoms with Gasteiger partial charge in [0.2, 0.25) is 0 Å². The number of anilines is 1. The minimum atomic E-state index is -0.0849. The molecule has 0 spiro atoms. The third-order valence-electron chi connectivity index (χ3n) is 5.28. The van der Waals surface area contributed by atoms with E-state index in [4.69, 9.17) is 0 Å². The second-order valence-corrected chi connectivity index (χ2v) is 7.44. The van der Waals surface area contributed by atoms with Crippen LogP contribution in [0.1, 0.15) is 47.3 Å². The fourth-order valence-electron chi connectivity index (χ4n) is 3.78. The highest BCUT2D eigenvalue weighted by molar-refractivity contribution is 6.06. The highest BCUT2D eigenvalue weighted by Gasteiger charge is 2.13. The predicted molar refractivity (Wildman–Crippen MR) is 113 cm³/mol. The molecule has 4 rings (SSSR count). The molecule has 5 nitrogen and oxygen atoms in total. The number of carbonyl (C=O) groups excluding carboxylic acids is 1. The van der Waals surface area contributed by atoms with E-state index in [1.165, 1.54) is 25.7 Å². The van der Waals surface area contributed by atoms with Gasteiger partial charge in [-0.1, -0.05) is 37.1 Å². The molecule has 5 heteroatoms. The molecule has 1 aromatic carbocycles. The molecule has 144 valence electrons. The van der Waals surface area contributed by atoms with E-state index < -0.39 is 0 Å². The van der Waals surface area contributed by atoms with Crippen LogP contribution in [0.25, 0.3) is 10.9 Å². The molecule has 3 heterocycles. The molecule has 1 fully saturated rings. The number of nitrogens with one attached hydrogen (secondary N) is 1. The maximum Gasteiger partial charge on any atom is 0.252 e. The van der Waals surface area contributed by atoms with Gasteiger partial charge in [-0.25, -0.2) is 4.98 Å². The molecule has 28 heavy (non-hydrogen) atoms. The van der Waals surface area contributed by atoms with Crippen molar-refractivity contribution in [3.8, 4) is 0 Å². The molecular weight excluding hydrogens is 348 g/mol. The monoisotopic (exact) mass is 374 g/mol. The Morgan fingerprint density at radius 1 is 1.07 bits per heavy atom. The van der Waals surface area contributed by atoms with Crippen molar-refractivity contribution in [3.63, 3.8) is 0 Å². The summed E-state index contributed by atoms with van der Waals surface area (Å²) in [6, 6.07) is 13.7. The van der Waals surface area contributed by atoms with Gasteiger partial charge in [0.05, 0.1) is 11.1 Å². The minimum Gasteiger partial charge on any atom is -0.357 e. The van der Waals surface area contributed by atoms with E-state index in [1.54, 1.807) is 0 Å². The summed E-state index contributed by atoms with van der Waals surface area (Å²) in [6.07, 6.45) is 6.96. The molecule has 1 N–H and O–H groups in total. The molecule has 0 aliphatic carbocycles. The second kappa shape index (κ2) is 8.38. The van der Waals surface area contributed by atoms with Crippen LogP contribution < -0.4 is 10.2 Å². The molecule has 1 aliphatic heterocycles. The largest absolute Gasteiger partial charge is 0.357 e. The molecule has 0 atom stereocenters. The summed E-state index contributed by atoms with van der Waals surface area (Å²) in [6.45, 7) is 4.53. The number of hydrogen-bond acceptors (Lipinski definition) is 4. The first kappa shape index (κ1) is 18.4. The highest BCUT2D eigenvalue weighted by atomic mass is 16.1. The summed E-state index contributed by atoms with van der Waals surface area (Å²) < 4.78 is 0. The average molecular weight is 374 g/mol. The average Bonchev–Trinajstić information content (AvgIpc) is 3.01. The summed E-state index contributed by atoms with van der Waals surface area (Å²) in [5.41, 5.74) is 3.35. The van der Waals surface area contributed by atoms with E-state index in [0.29, 0.717) is 12.1 Å². The smallest absolute Gasteiger partial charge is 0.252 e. The Bertz CT molecular complexity index is 960. The molecule has 1 aliphatic rings. The number of amides is 1. The van der Waals surface area contributed by atoms with Gasteiger partial charge >= 0.3 is 0 Å². The van der Waals surface area contributed by atoms with E-state index in [1.807, 2.05) is 43.5 Å². The van der Waals surface area contributed by atoms with E-state index >= 15 is 0 Å². The Morgan fingerprint density at radius 2 is 1.86 bits per heavy atom. The van der Waals surface area contributed by atoms with E-state index in [2.05, 4.69) is 32.3 Å². The van der Waals surface area contributed by atoms with Crippen molar-refractivity contribution in [2.24, 2.45) is 0 Å². The van der Waals surface area contributed by atoms with Crippen LogP contribution in [-0.2, 0) is 6.54 Å². The molecule has 1 saturated heterocycles. The van der Waals surface area contributed by atoms with Crippen LogP contribution >= 0.6 is 0 Å². The number of hydrogen-bond donors (Lipinski definition) is 1. The van der Waals surface area contributed by atoms with Crippen molar-refractivity contribution in [1.82, 2.24) is 15.3 Å². The van der Waals surface area contributed by atoms with Crippen LogP contribution in [0.3, 0.4) is 0 Å². The van der Waals surface area contributed by atoms with Crippen LogP contribution in [0.5, 0.6) is 0 Å². The van der Waals surface area contributed by atoms with Crippen molar-refractivity contribution < 1.29 is 4.79 Å². The summed E-state index contributed by atoms with van der Waals surface area (Å²) in [4.78, 5) is 24.3. The van der Waals surface area contributed by atoms with Gasteiger partial charge in [0.1, 0.15) is 5.82 Å². The number of fused-ring (bicyclic) bond motifs is 1. The molecule has 0 saturated carbocycles. The Hall–Kier alpha value is -2.95. The Kier molecular flexibility index (Phi) is 5.51.